The first-order chi connectivity index (χ1) is 12.5. The van der Waals surface area contributed by atoms with Crippen molar-refractivity contribution in [2.45, 2.75) is 13.5 Å². The van der Waals surface area contributed by atoms with Crippen LogP contribution in [0.2, 0.25) is 0 Å². The second kappa shape index (κ2) is 12.4. The van der Waals surface area contributed by atoms with E-state index in [1.165, 1.54) is 13.2 Å². The average Bonchev–Trinajstić information content (AvgIpc) is 2.63. The number of benzene rings is 1. The molecule has 0 amide bonds. The summed E-state index contributed by atoms with van der Waals surface area (Å²) in [5.41, 5.74) is 0.870. The summed E-state index contributed by atoms with van der Waals surface area (Å²) in [6.45, 7) is 8.33. The number of aliphatic imine (C=N–C) groups is 1. The first kappa shape index (κ1) is 23.9. The maximum atomic E-state index is 13.9. The Labute approximate surface area is 179 Å². The summed E-state index contributed by atoms with van der Waals surface area (Å²) in [4.78, 5) is 8.76. The number of rotatable bonds is 7. The number of nitrogens with one attached hydrogen (secondary N) is 1. The third-order valence-corrected chi connectivity index (χ3v) is 4.49. The Morgan fingerprint density at radius 1 is 1.41 bits per heavy atom. The molecule has 0 aromatic heterocycles. The summed E-state index contributed by atoms with van der Waals surface area (Å²) in [5, 5.41) is 3.42. The first-order valence-corrected chi connectivity index (χ1v) is 9.07. The van der Waals surface area contributed by atoms with Crippen molar-refractivity contribution in [2.75, 3.05) is 60.6 Å². The number of hydrogen-bond acceptors (Lipinski definition) is 4. The van der Waals surface area contributed by atoms with Crippen LogP contribution in [-0.4, -0.2) is 76.4 Å². The van der Waals surface area contributed by atoms with E-state index in [1.54, 1.807) is 13.1 Å². The number of ether oxygens (including phenoxy) is 2. The highest BCUT2D eigenvalue weighted by molar-refractivity contribution is 14.0. The third-order valence-electron chi connectivity index (χ3n) is 4.49. The molecule has 1 unspecified atom stereocenters. The third kappa shape index (κ3) is 7.79. The lowest BCUT2D eigenvalue weighted by Crippen LogP contribution is -2.44. The van der Waals surface area contributed by atoms with E-state index in [9.17, 15) is 4.39 Å². The molecule has 1 heterocycles. The van der Waals surface area contributed by atoms with Crippen LogP contribution in [0.25, 0.3) is 0 Å². The van der Waals surface area contributed by atoms with E-state index in [0.717, 1.165) is 50.9 Å². The van der Waals surface area contributed by atoms with Gasteiger partial charge in [0.1, 0.15) is 0 Å². The van der Waals surface area contributed by atoms with Crippen LogP contribution in [0, 0.1) is 11.7 Å². The van der Waals surface area contributed by atoms with Crippen LogP contribution in [0.15, 0.2) is 23.2 Å². The molecule has 0 radical (unpaired) electrons. The topological polar surface area (TPSA) is 49.3 Å². The van der Waals surface area contributed by atoms with Gasteiger partial charge in [0, 0.05) is 46.8 Å². The molecule has 1 aromatic carbocycles. The minimum absolute atomic E-state index is 0. The largest absolute Gasteiger partial charge is 0.494 e. The van der Waals surface area contributed by atoms with Gasteiger partial charge >= 0.3 is 0 Å². The summed E-state index contributed by atoms with van der Waals surface area (Å²) in [5.74, 6) is 1.21. The van der Waals surface area contributed by atoms with E-state index < -0.39 is 0 Å². The van der Waals surface area contributed by atoms with E-state index >= 15 is 0 Å². The molecule has 6 nitrogen and oxygen atoms in total. The first-order valence-electron chi connectivity index (χ1n) is 9.07. The van der Waals surface area contributed by atoms with Crippen molar-refractivity contribution in [2.24, 2.45) is 10.9 Å². The molecule has 0 bridgehead atoms. The number of hydrogen-bond donors (Lipinski definition) is 1. The van der Waals surface area contributed by atoms with Gasteiger partial charge < -0.3 is 19.7 Å². The molecule has 2 rings (SSSR count). The average molecular weight is 494 g/mol. The van der Waals surface area contributed by atoms with Gasteiger partial charge in [0.05, 0.1) is 20.3 Å². The van der Waals surface area contributed by atoms with Gasteiger partial charge in [-0.2, -0.15) is 0 Å². The Bertz CT molecular complexity index is 597. The molecular weight excluding hydrogens is 462 g/mol. The van der Waals surface area contributed by atoms with Crippen LogP contribution in [0.5, 0.6) is 5.75 Å². The Hall–Kier alpha value is -1.13. The predicted molar refractivity (Wildman–Crippen MR) is 118 cm³/mol. The van der Waals surface area contributed by atoms with E-state index in [0.29, 0.717) is 12.5 Å². The molecular formula is C19H32FIN4O2. The minimum Gasteiger partial charge on any atom is -0.494 e. The van der Waals surface area contributed by atoms with Gasteiger partial charge in [-0.25, -0.2) is 4.39 Å². The van der Waals surface area contributed by atoms with Crippen molar-refractivity contribution in [1.82, 2.24) is 15.1 Å². The molecule has 1 atom stereocenters. The number of morpholine rings is 1. The number of nitrogens with zero attached hydrogens (tertiary/aromatic N) is 3. The monoisotopic (exact) mass is 494 g/mol. The fraction of sp³-hybridized carbons (Fsp3) is 0.632. The normalized spacial score (nSPS) is 16.4. The Kier molecular flexibility index (Phi) is 10.9. The number of methoxy groups -OCH3 is 1. The predicted octanol–water partition coefficient (Wildman–Crippen LogP) is 2.43. The maximum absolute atomic E-state index is 13.9. The molecule has 1 saturated heterocycles. The molecule has 1 N–H and O–H groups in total. The molecule has 8 heteroatoms. The molecule has 27 heavy (non-hydrogen) atoms. The van der Waals surface area contributed by atoms with Crippen LogP contribution < -0.4 is 10.1 Å². The standard InChI is InChI=1S/C19H31FN4O2.HI/c1-15(13-24-7-9-26-10-8-24)12-22-19(21-2)23(3)14-16-5-6-18(25-4)17(20)11-16;/h5-6,11,15H,7-10,12-14H2,1-4H3,(H,21,22);1H. The molecule has 0 saturated carbocycles. The van der Waals surface area contributed by atoms with Gasteiger partial charge in [-0.15, -0.1) is 24.0 Å². The van der Waals surface area contributed by atoms with Crippen molar-refractivity contribution in [3.63, 3.8) is 0 Å². The molecule has 1 aliphatic rings. The molecule has 0 spiro atoms. The van der Waals surface area contributed by atoms with Gasteiger partial charge in [-0.1, -0.05) is 13.0 Å². The minimum atomic E-state index is -0.347. The van der Waals surface area contributed by atoms with Gasteiger partial charge in [-0.3, -0.25) is 9.89 Å². The lowest BCUT2D eigenvalue weighted by Gasteiger charge is -2.30. The van der Waals surface area contributed by atoms with Crippen LogP contribution >= 0.6 is 24.0 Å². The summed E-state index contributed by atoms with van der Waals surface area (Å²) < 4.78 is 24.2. The van der Waals surface area contributed by atoms with Crippen LogP contribution in [0.3, 0.4) is 0 Å². The van der Waals surface area contributed by atoms with E-state index in [4.69, 9.17) is 9.47 Å². The zero-order valence-electron chi connectivity index (χ0n) is 16.7. The van der Waals surface area contributed by atoms with E-state index in [-0.39, 0.29) is 35.5 Å². The summed E-state index contributed by atoms with van der Waals surface area (Å²) in [6.07, 6.45) is 0. The van der Waals surface area contributed by atoms with Crippen molar-refractivity contribution < 1.29 is 13.9 Å². The highest BCUT2D eigenvalue weighted by Crippen LogP contribution is 2.18. The smallest absolute Gasteiger partial charge is 0.193 e. The fourth-order valence-corrected chi connectivity index (χ4v) is 3.10. The number of guanidine groups is 1. The zero-order chi connectivity index (χ0) is 18.9. The maximum Gasteiger partial charge on any atom is 0.193 e. The fourth-order valence-electron chi connectivity index (χ4n) is 3.10. The molecule has 154 valence electrons. The van der Waals surface area contributed by atoms with Crippen molar-refractivity contribution >= 4 is 29.9 Å². The van der Waals surface area contributed by atoms with Crippen molar-refractivity contribution in [1.29, 1.82) is 0 Å². The van der Waals surface area contributed by atoms with Gasteiger partial charge in [-0.05, 0) is 23.6 Å². The van der Waals surface area contributed by atoms with Gasteiger partial charge in [0.25, 0.3) is 0 Å². The van der Waals surface area contributed by atoms with Crippen molar-refractivity contribution in [3.05, 3.63) is 29.6 Å². The lowest BCUT2D eigenvalue weighted by atomic mass is 10.1. The van der Waals surface area contributed by atoms with Gasteiger partial charge in [0.2, 0.25) is 0 Å². The zero-order valence-corrected chi connectivity index (χ0v) is 19.0. The molecule has 1 fully saturated rings. The SMILES string of the molecule is CN=C(NCC(C)CN1CCOCC1)N(C)Cc1ccc(OC)c(F)c1.I. The highest BCUT2D eigenvalue weighted by Gasteiger charge is 2.15. The molecule has 1 aromatic rings. The number of halogens is 2. The quantitative estimate of drug-likeness (QED) is 0.359. The second-order valence-electron chi connectivity index (χ2n) is 6.77. The summed E-state index contributed by atoms with van der Waals surface area (Å²) in [7, 11) is 5.18. The molecule has 1 aliphatic heterocycles. The van der Waals surface area contributed by atoms with E-state index in [2.05, 4.69) is 22.1 Å². The summed E-state index contributed by atoms with van der Waals surface area (Å²) >= 11 is 0. The highest BCUT2D eigenvalue weighted by atomic mass is 127. The summed E-state index contributed by atoms with van der Waals surface area (Å²) in [6, 6.07) is 5.02. The second-order valence-corrected chi connectivity index (χ2v) is 6.77. The lowest BCUT2D eigenvalue weighted by molar-refractivity contribution is 0.0320. The Morgan fingerprint density at radius 2 is 2.11 bits per heavy atom. The van der Waals surface area contributed by atoms with Gasteiger partial charge in [0.15, 0.2) is 17.5 Å². The Balaban J connectivity index is 0.00000364. The molecule has 0 aliphatic carbocycles. The van der Waals surface area contributed by atoms with Crippen LogP contribution in [0.4, 0.5) is 4.39 Å². The van der Waals surface area contributed by atoms with E-state index in [1.807, 2.05) is 18.0 Å². The van der Waals surface area contributed by atoms with Crippen LogP contribution in [0.1, 0.15) is 12.5 Å². The van der Waals surface area contributed by atoms with Crippen LogP contribution in [-0.2, 0) is 11.3 Å². The van der Waals surface area contributed by atoms with Crippen molar-refractivity contribution in [3.8, 4) is 5.75 Å². The Morgan fingerprint density at radius 3 is 2.70 bits per heavy atom.